The van der Waals surface area contributed by atoms with E-state index >= 15 is 0 Å². The van der Waals surface area contributed by atoms with E-state index in [1.54, 1.807) is 0 Å². The van der Waals surface area contributed by atoms with E-state index in [1.807, 2.05) is 23.9 Å². The van der Waals surface area contributed by atoms with Gasteiger partial charge in [-0.3, -0.25) is 4.79 Å². The van der Waals surface area contributed by atoms with E-state index in [9.17, 15) is 22.8 Å². The fourth-order valence-electron chi connectivity index (χ4n) is 5.48. The number of carbonyl (C=O) groups is 3. The summed E-state index contributed by atoms with van der Waals surface area (Å²) in [7, 11) is 4.03. The maximum absolute atomic E-state index is 12.9. The zero-order valence-electron chi connectivity index (χ0n) is 21.9. The van der Waals surface area contributed by atoms with Crippen LogP contribution in [0.15, 0.2) is 24.3 Å². The summed E-state index contributed by atoms with van der Waals surface area (Å²) in [5.74, 6) is -2.36. The number of benzene rings is 1. The van der Waals surface area contributed by atoms with Crippen LogP contribution in [0.5, 0.6) is 0 Å². The Morgan fingerprint density at radius 3 is 2.24 bits per heavy atom. The first-order valence-electron chi connectivity index (χ1n) is 12.9. The van der Waals surface area contributed by atoms with Gasteiger partial charge in [-0.15, -0.1) is 0 Å². The van der Waals surface area contributed by atoms with Gasteiger partial charge in [-0.05, 0) is 55.8 Å². The first-order valence-corrected chi connectivity index (χ1v) is 12.9. The molecule has 1 unspecified atom stereocenters. The lowest BCUT2D eigenvalue weighted by Crippen LogP contribution is -2.52. The third-order valence-corrected chi connectivity index (χ3v) is 7.44. The number of rotatable bonds is 5. The number of morpholine rings is 1. The molecule has 12 heteroatoms. The minimum atomic E-state index is -5.08. The summed E-state index contributed by atoms with van der Waals surface area (Å²) in [6, 6.07) is 8.81. The number of carbonyl (C=O) groups excluding carboxylic acids is 2. The first-order chi connectivity index (χ1) is 17.9. The topological polar surface area (TPSA) is 102 Å². The molecule has 38 heavy (non-hydrogen) atoms. The normalized spacial score (nSPS) is 20.5. The molecule has 1 aromatic rings. The summed E-state index contributed by atoms with van der Waals surface area (Å²) >= 11 is 0. The molecular formula is C26H37F3N4O5. The van der Waals surface area contributed by atoms with Crippen molar-refractivity contribution in [3.05, 3.63) is 35.4 Å². The minimum Gasteiger partial charge on any atom is -0.475 e. The molecule has 0 radical (unpaired) electrons. The van der Waals surface area contributed by atoms with Crippen LogP contribution in [0.2, 0.25) is 0 Å². The second-order valence-corrected chi connectivity index (χ2v) is 10.3. The summed E-state index contributed by atoms with van der Waals surface area (Å²) < 4.78 is 37.1. The van der Waals surface area contributed by atoms with Gasteiger partial charge in [0.15, 0.2) is 0 Å². The quantitative estimate of drug-likeness (QED) is 0.593. The highest BCUT2D eigenvalue weighted by Gasteiger charge is 2.46. The molecule has 1 atom stereocenters. The van der Waals surface area contributed by atoms with E-state index in [2.05, 4.69) is 34.5 Å². The number of fused-ring (bicyclic) bond motifs is 2. The van der Waals surface area contributed by atoms with E-state index in [0.29, 0.717) is 39.3 Å². The van der Waals surface area contributed by atoms with Gasteiger partial charge in [0.05, 0.1) is 13.2 Å². The number of piperidine rings is 1. The summed E-state index contributed by atoms with van der Waals surface area (Å²) in [5, 5.41) is 10.2. The number of amides is 3. The highest BCUT2D eigenvalue weighted by Crippen LogP contribution is 2.52. The van der Waals surface area contributed by atoms with Crippen molar-refractivity contribution in [3.8, 4) is 0 Å². The molecule has 1 aliphatic carbocycles. The van der Waals surface area contributed by atoms with Crippen LogP contribution in [-0.2, 0) is 19.7 Å². The smallest absolute Gasteiger partial charge is 0.475 e. The van der Waals surface area contributed by atoms with Crippen molar-refractivity contribution in [2.75, 3.05) is 66.6 Å². The molecule has 3 aliphatic rings. The Balaban J connectivity index is 0.000000505. The molecule has 0 saturated carbocycles. The van der Waals surface area contributed by atoms with Crippen molar-refractivity contribution in [2.24, 2.45) is 0 Å². The Morgan fingerprint density at radius 1 is 1.08 bits per heavy atom. The third kappa shape index (κ3) is 7.59. The summed E-state index contributed by atoms with van der Waals surface area (Å²) in [6.45, 7) is 5.75. The number of ether oxygens (including phenoxy) is 1. The molecule has 2 N–H and O–H groups in total. The van der Waals surface area contributed by atoms with Crippen molar-refractivity contribution >= 4 is 17.9 Å². The van der Waals surface area contributed by atoms with Crippen molar-refractivity contribution in [2.45, 2.75) is 43.2 Å². The number of aliphatic carboxylic acids is 1. The maximum Gasteiger partial charge on any atom is 0.490 e. The fourth-order valence-corrected chi connectivity index (χ4v) is 5.48. The van der Waals surface area contributed by atoms with Gasteiger partial charge in [0.25, 0.3) is 0 Å². The average Bonchev–Trinajstić information content (AvgIpc) is 3.17. The van der Waals surface area contributed by atoms with Crippen molar-refractivity contribution < 1.29 is 37.4 Å². The molecule has 9 nitrogen and oxygen atoms in total. The summed E-state index contributed by atoms with van der Waals surface area (Å²) in [5.41, 5.74) is 2.82. The number of carboxylic acid groups (broad SMARTS) is 1. The number of hydrogen-bond acceptors (Lipinski definition) is 5. The number of likely N-dealkylation sites (tertiary alicyclic amines) is 1. The summed E-state index contributed by atoms with van der Waals surface area (Å²) in [4.78, 5) is 40.4. The SMILES string of the molecule is CN(C)CCNC(=O)CC1CC2(CCN(C(=O)N3CCOCC3)CC2)c2ccccc21.O=C(O)C(F)(F)F. The van der Waals surface area contributed by atoms with Gasteiger partial charge in [0.2, 0.25) is 5.91 Å². The number of nitrogens with zero attached hydrogens (tertiary/aromatic N) is 3. The van der Waals surface area contributed by atoms with Crippen molar-refractivity contribution in [3.63, 3.8) is 0 Å². The van der Waals surface area contributed by atoms with Crippen LogP contribution in [0.4, 0.5) is 18.0 Å². The minimum absolute atomic E-state index is 0.0902. The molecule has 1 aromatic carbocycles. The molecule has 4 rings (SSSR count). The van der Waals surface area contributed by atoms with Crippen molar-refractivity contribution in [1.29, 1.82) is 0 Å². The van der Waals surface area contributed by atoms with Gasteiger partial charge in [0, 0.05) is 45.7 Å². The third-order valence-electron chi connectivity index (χ3n) is 7.44. The Labute approximate surface area is 220 Å². The van der Waals surface area contributed by atoms with Crippen LogP contribution in [-0.4, -0.2) is 110 Å². The van der Waals surface area contributed by atoms with Gasteiger partial charge < -0.3 is 29.9 Å². The van der Waals surface area contributed by atoms with Gasteiger partial charge in [-0.25, -0.2) is 9.59 Å². The highest BCUT2D eigenvalue weighted by atomic mass is 19.4. The second kappa shape index (κ2) is 12.8. The van der Waals surface area contributed by atoms with Gasteiger partial charge in [0.1, 0.15) is 0 Å². The number of halogens is 3. The van der Waals surface area contributed by atoms with Crippen molar-refractivity contribution in [1.82, 2.24) is 20.0 Å². The zero-order valence-corrected chi connectivity index (χ0v) is 21.9. The second-order valence-electron chi connectivity index (χ2n) is 10.3. The van der Waals surface area contributed by atoms with E-state index in [-0.39, 0.29) is 23.3 Å². The Hall–Kier alpha value is -2.86. The first kappa shape index (κ1) is 29.7. The Morgan fingerprint density at radius 2 is 1.66 bits per heavy atom. The van der Waals surface area contributed by atoms with Crippen LogP contribution < -0.4 is 5.32 Å². The maximum atomic E-state index is 12.9. The number of likely N-dealkylation sites (N-methyl/N-ethyl adjacent to an activating group) is 1. The van der Waals surface area contributed by atoms with Crippen LogP contribution in [0.1, 0.15) is 42.7 Å². The van der Waals surface area contributed by atoms with Gasteiger partial charge in [-0.1, -0.05) is 24.3 Å². The predicted octanol–water partition coefficient (Wildman–Crippen LogP) is 2.66. The lowest BCUT2D eigenvalue weighted by atomic mass is 9.73. The summed E-state index contributed by atoms with van der Waals surface area (Å²) in [6.07, 6.45) is -1.59. The molecule has 2 saturated heterocycles. The van der Waals surface area contributed by atoms with Gasteiger partial charge >= 0.3 is 18.2 Å². The van der Waals surface area contributed by atoms with E-state index in [1.165, 1.54) is 11.1 Å². The van der Waals surface area contributed by atoms with Crippen LogP contribution in [0.25, 0.3) is 0 Å². The monoisotopic (exact) mass is 542 g/mol. The Kier molecular flexibility index (Phi) is 10.00. The standard InChI is InChI=1S/C24H36N4O3.C2HF3O2/c1-26(2)12-9-25-22(29)17-19-18-24(21-6-4-3-5-20(19)21)7-10-27(11-8-24)23(30)28-13-15-31-16-14-28;3-2(4,5)1(6)7/h3-6,19H,7-18H2,1-2H3,(H,25,29);(H,6,7). The number of nitrogens with one attached hydrogen (secondary N) is 1. The van der Waals surface area contributed by atoms with E-state index in [0.717, 1.165) is 38.9 Å². The number of alkyl halides is 3. The molecule has 0 bridgehead atoms. The Bertz CT molecular complexity index is 974. The molecule has 2 aliphatic heterocycles. The largest absolute Gasteiger partial charge is 0.490 e. The van der Waals surface area contributed by atoms with Crippen LogP contribution in [0, 0.1) is 0 Å². The number of urea groups is 1. The molecule has 2 heterocycles. The van der Waals surface area contributed by atoms with Crippen LogP contribution in [0.3, 0.4) is 0 Å². The van der Waals surface area contributed by atoms with Crippen LogP contribution >= 0.6 is 0 Å². The molecule has 3 amide bonds. The zero-order chi connectivity index (χ0) is 27.9. The fraction of sp³-hybridized carbons (Fsp3) is 0.654. The molecule has 1 spiro atoms. The van der Waals surface area contributed by atoms with Gasteiger partial charge in [-0.2, -0.15) is 13.2 Å². The molecule has 0 aromatic heterocycles. The predicted molar refractivity (Wildman–Crippen MR) is 134 cm³/mol. The average molecular weight is 543 g/mol. The highest BCUT2D eigenvalue weighted by molar-refractivity contribution is 5.77. The molecular weight excluding hydrogens is 505 g/mol. The van der Waals surface area contributed by atoms with E-state index in [4.69, 9.17) is 14.6 Å². The number of hydrogen-bond donors (Lipinski definition) is 2. The van der Waals surface area contributed by atoms with E-state index < -0.39 is 12.1 Å². The molecule has 2 fully saturated rings. The lowest BCUT2D eigenvalue weighted by Gasteiger charge is -2.42. The molecule has 212 valence electrons. The number of carboxylic acids is 1. The lowest BCUT2D eigenvalue weighted by molar-refractivity contribution is -0.192.